The van der Waals surface area contributed by atoms with E-state index in [-0.39, 0.29) is 24.2 Å². The fourth-order valence-corrected chi connectivity index (χ4v) is 5.44. The second-order valence-electron chi connectivity index (χ2n) is 10.9. The number of nitrogens with zero attached hydrogens (tertiary/aromatic N) is 2. The van der Waals surface area contributed by atoms with E-state index in [1.54, 1.807) is 25.3 Å². The minimum Gasteiger partial charge on any atom is -0.495 e. The van der Waals surface area contributed by atoms with Gasteiger partial charge >= 0.3 is 0 Å². The molecule has 228 valence electrons. The van der Waals surface area contributed by atoms with Gasteiger partial charge in [0.1, 0.15) is 11.6 Å². The standard InChI is InChI=1S/C36H39FN4O3/c1-3-4-7-26-10-14-28(15-11-26)35(42)39-30-18-19-32(31(24-30)36(43)38-25-27-12-16-29(37)17-13-27)40-20-22-41(23-21-40)33-8-5-6-9-34(33)44-2/h5-6,8-19,24H,3-4,7,20-23,25H2,1-2H3,(H,38,43)(H,39,42). The summed E-state index contributed by atoms with van der Waals surface area (Å²) in [4.78, 5) is 31.2. The first kappa shape index (κ1) is 30.6. The number of rotatable bonds is 11. The number of benzene rings is 4. The Labute approximate surface area is 258 Å². The first-order valence-electron chi connectivity index (χ1n) is 15.1. The molecule has 7 nitrogen and oxygen atoms in total. The van der Waals surface area contributed by atoms with Gasteiger partial charge in [0.2, 0.25) is 0 Å². The second kappa shape index (κ2) is 14.6. The van der Waals surface area contributed by atoms with E-state index >= 15 is 0 Å². The molecule has 0 saturated carbocycles. The molecule has 1 saturated heterocycles. The van der Waals surface area contributed by atoms with Gasteiger partial charge in [-0.15, -0.1) is 0 Å². The van der Waals surface area contributed by atoms with Crippen LogP contribution in [0, 0.1) is 5.82 Å². The highest BCUT2D eigenvalue weighted by Gasteiger charge is 2.24. The van der Waals surface area contributed by atoms with E-state index in [1.165, 1.54) is 17.7 Å². The number of para-hydroxylation sites is 2. The lowest BCUT2D eigenvalue weighted by Crippen LogP contribution is -2.47. The average molecular weight is 595 g/mol. The Hall–Kier alpha value is -4.85. The fraction of sp³-hybridized carbons (Fsp3) is 0.278. The maximum absolute atomic E-state index is 13.6. The summed E-state index contributed by atoms with van der Waals surface area (Å²) >= 11 is 0. The molecule has 0 aliphatic carbocycles. The summed E-state index contributed by atoms with van der Waals surface area (Å²) in [5.74, 6) is 0.00178. The molecule has 0 spiro atoms. The van der Waals surface area contributed by atoms with Gasteiger partial charge in [0.15, 0.2) is 0 Å². The van der Waals surface area contributed by atoms with Crippen LogP contribution in [0.5, 0.6) is 5.75 Å². The first-order valence-corrected chi connectivity index (χ1v) is 15.1. The van der Waals surface area contributed by atoms with Crippen LogP contribution in [-0.4, -0.2) is 45.1 Å². The van der Waals surface area contributed by atoms with E-state index < -0.39 is 0 Å². The van der Waals surface area contributed by atoms with Crippen LogP contribution in [0.2, 0.25) is 0 Å². The molecule has 0 radical (unpaired) electrons. The zero-order valence-corrected chi connectivity index (χ0v) is 25.3. The van der Waals surface area contributed by atoms with Crippen molar-refractivity contribution in [3.63, 3.8) is 0 Å². The van der Waals surface area contributed by atoms with E-state index in [4.69, 9.17) is 4.74 Å². The molecule has 4 aromatic rings. The highest BCUT2D eigenvalue weighted by molar-refractivity contribution is 6.06. The lowest BCUT2D eigenvalue weighted by atomic mass is 10.1. The van der Waals surface area contributed by atoms with Gasteiger partial charge in [-0.2, -0.15) is 0 Å². The fourth-order valence-electron chi connectivity index (χ4n) is 5.44. The number of halogens is 1. The highest BCUT2D eigenvalue weighted by Crippen LogP contribution is 2.31. The van der Waals surface area contributed by atoms with E-state index in [1.807, 2.05) is 54.6 Å². The van der Waals surface area contributed by atoms with Crippen LogP contribution in [0.3, 0.4) is 0 Å². The minimum atomic E-state index is -0.325. The summed E-state index contributed by atoms with van der Waals surface area (Å²) in [5, 5.41) is 5.94. The van der Waals surface area contributed by atoms with Gasteiger partial charge in [0.25, 0.3) is 11.8 Å². The molecule has 1 aliphatic heterocycles. The molecule has 2 amide bonds. The number of carbonyl (C=O) groups excluding carboxylic acids is 2. The van der Waals surface area contributed by atoms with E-state index in [2.05, 4.69) is 33.4 Å². The molecular formula is C36H39FN4O3. The van der Waals surface area contributed by atoms with Crippen molar-refractivity contribution >= 4 is 28.9 Å². The normalized spacial score (nSPS) is 13.0. The number of amides is 2. The molecule has 0 atom stereocenters. The second-order valence-corrected chi connectivity index (χ2v) is 10.9. The molecule has 8 heteroatoms. The lowest BCUT2D eigenvalue weighted by Gasteiger charge is -2.38. The predicted molar refractivity (Wildman–Crippen MR) is 174 cm³/mol. The van der Waals surface area contributed by atoms with Crippen molar-refractivity contribution in [1.82, 2.24) is 5.32 Å². The van der Waals surface area contributed by atoms with Crippen molar-refractivity contribution in [2.24, 2.45) is 0 Å². The minimum absolute atomic E-state index is 0.233. The molecule has 1 heterocycles. The number of hydrogen-bond acceptors (Lipinski definition) is 5. The predicted octanol–water partition coefficient (Wildman–Crippen LogP) is 6.69. The van der Waals surface area contributed by atoms with Crippen LogP contribution in [0.15, 0.2) is 91.0 Å². The van der Waals surface area contributed by atoms with E-state index in [0.29, 0.717) is 29.9 Å². The zero-order chi connectivity index (χ0) is 30.9. The van der Waals surface area contributed by atoms with Gasteiger partial charge in [0, 0.05) is 49.7 Å². The smallest absolute Gasteiger partial charge is 0.255 e. The zero-order valence-electron chi connectivity index (χ0n) is 25.3. The van der Waals surface area contributed by atoms with Crippen LogP contribution in [0.25, 0.3) is 0 Å². The Morgan fingerprint density at radius 3 is 2.14 bits per heavy atom. The van der Waals surface area contributed by atoms with Crippen LogP contribution < -0.4 is 25.2 Å². The van der Waals surface area contributed by atoms with Crippen molar-refractivity contribution in [3.05, 3.63) is 119 Å². The lowest BCUT2D eigenvalue weighted by molar-refractivity contribution is 0.0950. The summed E-state index contributed by atoms with van der Waals surface area (Å²) in [6.45, 7) is 5.32. The number of aryl methyl sites for hydroxylation is 1. The molecule has 2 N–H and O–H groups in total. The van der Waals surface area contributed by atoms with Crippen LogP contribution in [0.4, 0.5) is 21.5 Å². The number of hydrogen-bond donors (Lipinski definition) is 2. The maximum Gasteiger partial charge on any atom is 0.255 e. The summed E-state index contributed by atoms with van der Waals surface area (Å²) < 4.78 is 19.0. The molecule has 0 bridgehead atoms. The number of piperazine rings is 1. The van der Waals surface area contributed by atoms with Crippen molar-refractivity contribution in [1.29, 1.82) is 0 Å². The summed E-state index contributed by atoms with van der Waals surface area (Å²) in [5.41, 5.74) is 5.39. The Morgan fingerprint density at radius 2 is 1.45 bits per heavy atom. The van der Waals surface area contributed by atoms with E-state index in [9.17, 15) is 14.0 Å². The molecule has 1 aliphatic rings. The SMILES string of the molecule is CCCCc1ccc(C(=O)Nc2ccc(N3CCN(c4ccccc4OC)CC3)c(C(=O)NCc3ccc(F)cc3)c2)cc1. The molecule has 5 rings (SSSR count). The molecule has 4 aromatic carbocycles. The average Bonchev–Trinajstić information content (AvgIpc) is 3.07. The number of methoxy groups -OCH3 is 1. The Bertz CT molecular complexity index is 1570. The summed E-state index contributed by atoms with van der Waals surface area (Å²) in [7, 11) is 1.68. The largest absolute Gasteiger partial charge is 0.495 e. The number of nitrogens with one attached hydrogen (secondary N) is 2. The quantitative estimate of drug-likeness (QED) is 0.203. The maximum atomic E-state index is 13.6. The topological polar surface area (TPSA) is 73.9 Å². The summed E-state index contributed by atoms with van der Waals surface area (Å²) in [6.07, 6.45) is 3.22. The highest BCUT2D eigenvalue weighted by atomic mass is 19.1. The van der Waals surface area contributed by atoms with Gasteiger partial charge in [-0.1, -0.05) is 49.7 Å². The van der Waals surface area contributed by atoms with Gasteiger partial charge in [-0.25, -0.2) is 4.39 Å². The number of anilines is 3. The molecule has 0 aromatic heterocycles. The monoisotopic (exact) mass is 594 g/mol. The number of ether oxygens (including phenoxy) is 1. The van der Waals surface area contributed by atoms with Crippen molar-refractivity contribution < 1.29 is 18.7 Å². The molecular weight excluding hydrogens is 555 g/mol. The Morgan fingerprint density at radius 1 is 0.795 bits per heavy atom. The van der Waals surface area contributed by atoms with Crippen molar-refractivity contribution in [2.75, 3.05) is 48.4 Å². The summed E-state index contributed by atoms with van der Waals surface area (Å²) in [6, 6.07) is 27.2. The third-order valence-corrected chi connectivity index (χ3v) is 7.95. The Kier molecular flexibility index (Phi) is 10.1. The molecule has 1 fully saturated rings. The first-order chi connectivity index (χ1) is 21.4. The third kappa shape index (κ3) is 7.56. The van der Waals surface area contributed by atoms with Gasteiger partial charge in [-0.05, 0) is 78.6 Å². The van der Waals surface area contributed by atoms with Crippen molar-refractivity contribution in [3.8, 4) is 5.75 Å². The van der Waals surface area contributed by atoms with Crippen LogP contribution in [-0.2, 0) is 13.0 Å². The van der Waals surface area contributed by atoms with Gasteiger partial charge < -0.3 is 25.2 Å². The van der Waals surface area contributed by atoms with E-state index in [0.717, 1.165) is 55.0 Å². The number of carbonyl (C=O) groups is 2. The molecule has 0 unspecified atom stereocenters. The molecule has 44 heavy (non-hydrogen) atoms. The Balaban J connectivity index is 1.34. The number of unbranched alkanes of at least 4 members (excludes halogenated alkanes) is 1. The van der Waals surface area contributed by atoms with Crippen LogP contribution in [0.1, 0.15) is 51.6 Å². The van der Waals surface area contributed by atoms with Crippen LogP contribution >= 0.6 is 0 Å². The van der Waals surface area contributed by atoms with Gasteiger partial charge in [-0.3, -0.25) is 9.59 Å². The third-order valence-electron chi connectivity index (χ3n) is 7.95. The van der Waals surface area contributed by atoms with Gasteiger partial charge in [0.05, 0.1) is 18.4 Å². The van der Waals surface area contributed by atoms with Crippen molar-refractivity contribution in [2.45, 2.75) is 32.7 Å².